The number of nitrogen functional groups attached to an aromatic ring is 1. The number of hydrogen-bond donors (Lipinski definition) is 1. The minimum atomic E-state index is 0.439. The summed E-state index contributed by atoms with van der Waals surface area (Å²) in [5, 5.41) is 3.96. The molecule has 0 radical (unpaired) electrons. The lowest BCUT2D eigenvalue weighted by molar-refractivity contribution is 0.331. The molecule has 0 spiro atoms. The number of rotatable bonds is 1. The normalized spacial score (nSPS) is 29.0. The topological polar surface area (TPSA) is 52.0 Å². The van der Waals surface area contributed by atoms with E-state index in [1.807, 2.05) is 6.07 Å². The molecule has 0 atom stereocenters. The van der Waals surface area contributed by atoms with Gasteiger partial charge in [-0.2, -0.15) is 0 Å². The van der Waals surface area contributed by atoms with E-state index in [9.17, 15) is 0 Å². The zero-order valence-corrected chi connectivity index (χ0v) is 7.99. The molecule has 0 unspecified atom stereocenters. The zero-order valence-electron chi connectivity index (χ0n) is 7.99. The third-order valence-corrected chi connectivity index (χ3v) is 2.98. The Morgan fingerprint density at radius 2 is 2.08 bits per heavy atom. The summed E-state index contributed by atoms with van der Waals surface area (Å²) < 4.78 is 4.87. The second-order valence-electron chi connectivity index (χ2n) is 4.11. The van der Waals surface area contributed by atoms with Crippen LogP contribution in [0.3, 0.4) is 0 Å². The Kier molecular flexibility index (Phi) is 2.25. The van der Waals surface area contributed by atoms with Crippen LogP contribution in [-0.2, 0) is 0 Å². The smallest absolute Gasteiger partial charge is 0.222 e. The Morgan fingerprint density at radius 3 is 2.62 bits per heavy atom. The summed E-state index contributed by atoms with van der Waals surface area (Å²) in [6.07, 6.45) is 5.06. The summed E-state index contributed by atoms with van der Waals surface area (Å²) in [6, 6.07) is 1.86. The molecule has 1 fully saturated rings. The molecule has 2 N–H and O–H groups in total. The molecule has 0 amide bonds. The Balaban J connectivity index is 2.02. The van der Waals surface area contributed by atoms with Gasteiger partial charge in [0, 0.05) is 12.0 Å². The first kappa shape index (κ1) is 8.60. The molecule has 0 bridgehead atoms. The van der Waals surface area contributed by atoms with Gasteiger partial charge in [0.25, 0.3) is 0 Å². The van der Waals surface area contributed by atoms with Crippen molar-refractivity contribution in [2.24, 2.45) is 5.92 Å². The Morgan fingerprint density at radius 1 is 1.38 bits per heavy atom. The van der Waals surface area contributed by atoms with E-state index >= 15 is 0 Å². The van der Waals surface area contributed by atoms with E-state index in [1.54, 1.807) is 0 Å². The maximum Gasteiger partial charge on any atom is 0.222 e. The predicted molar refractivity (Wildman–Crippen MR) is 51.3 cm³/mol. The first-order chi connectivity index (χ1) is 6.25. The minimum Gasteiger partial charge on any atom is -0.368 e. The van der Waals surface area contributed by atoms with E-state index in [-0.39, 0.29) is 0 Å². The largest absolute Gasteiger partial charge is 0.368 e. The SMILES string of the molecule is CC1CCC(c2cc(N)on2)CC1. The summed E-state index contributed by atoms with van der Waals surface area (Å²) in [6.45, 7) is 2.31. The van der Waals surface area contributed by atoms with E-state index in [0.29, 0.717) is 11.8 Å². The van der Waals surface area contributed by atoms with Gasteiger partial charge in [0.15, 0.2) is 0 Å². The highest BCUT2D eigenvalue weighted by Gasteiger charge is 2.22. The van der Waals surface area contributed by atoms with Crippen molar-refractivity contribution in [2.45, 2.75) is 38.5 Å². The molecule has 0 saturated heterocycles. The van der Waals surface area contributed by atoms with Crippen LogP contribution in [0.15, 0.2) is 10.6 Å². The molecule has 0 aromatic carbocycles. The second-order valence-corrected chi connectivity index (χ2v) is 4.11. The molecule has 1 aliphatic rings. The summed E-state index contributed by atoms with van der Waals surface area (Å²) in [5.74, 6) is 1.89. The molecule has 72 valence electrons. The van der Waals surface area contributed by atoms with Gasteiger partial charge >= 0.3 is 0 Å². The molecule has 1 aliphatic carbocycles. The van der Waals surface area contributed by atoms with Crippen molar-refractivity contribution in [3.63, 3.8) is 0 Å². The van der Waals surface area contributed by atoms with Crippen LogP contribution < -0.4 is 5.73 Å². The van der Waals surface area contributed by atoms with Gasteiger partial charge in [0.1, 0.15) is 0 Å². The molecular formula is C10H16N2O. The highest BCUT2D eigenvalue weighted by Crippen LogP contribution is 2.35. The summed E-state index contributed by atoms with van der Waals surface area (Å²) >= 11 is 0. The molecule has 3 nitrogen and oxygen atoms in total. The predicted octanol–water partition coefficient (Wildman–Crippen LogP) is 2.55. The van der Waals surface area contributed by atoms with E-state index < -0.39 is 0 Å². The Hall–Kier alpha value is -0.990. The number of anilines is 1. The lowest BCUT2D eigenvalue weighted by Crippen LogP contribution is -2.10. The van der Waals surface area contributed by atoms with E-state index in [2.05, 4.69) is 12.1 Å². The van der Waals surface area contributed by atoms with Crippen molar-refractivity contribution in [3.05, 3.63) is 11.8 Å². The second kappa shape index (κ2) is 3.40. The summed E-state index contributed by atoms with van der Waals surface area (Å²) in [7, 11) is 0. The van der Waals surface area contributed by atoms with Crippen LogP contribution in [0, 0.1) is 5.92 Å². The van der Waals surface area contributed by atoms with E-state index in [4.69, 9.17) is 10.3 Å². The average Bonchev–Trinajstić information content (AvgIpc) is 2.53. The molecule has 1 heterocycles. The molecule has 13 heavy (non-hydrogen) atoms. The fourth-order valence-corrected chi connectivity index (χ4v) is 2.05. The van der Waals surface area contributed by atoms with Gasteiger partial charge in [-0.3, -0.25) is 0 Å². The minimum absolute atomic E-state index is 0.439. The molecule has 2 rings (SSSR count). The molecule has 3 heteroatoms. The van der Waals surface area contributed by atoms with Crippen molar-refractivity contribution in [1.29, 1.82) is 0 Å². The maximum absolute atomic E-state index is 5.48. The lowest BCUT2D eigenvalue weighted by Gasteiger charge is -2.24. The molecule has 1 saturated carbocycles. The van der Waals surface area contributed by atoms with Crippen LogP contribution in [0.25, 0.3) is 0 Å². The average molecular weight is 180 g/mol. The van der Waals surface area contributed by atoms with Gasteiger partial charge in [-0.1, -0.05) is 24.9 Å². The summed E-state index contributed by atoms with van der Waals surface area (Å²) in [4.78, 5) is 0. The lowest BCUT2D eigenvalue weighted by atomic mass is 9.81. The fraction of sp³-hybridized carbons (Fsp3) is 0.700. The van der Waals surface area contributed by atoms with Crippen LogP contribution in [0.1, 0.15) is 44.2 Å². The van der Waals surface area contributed by atoms with Gasteiger partial charge in [-0.15, -0.1) is 0 Å². The highest BCUT2D eigenvalue weighted by molar-refractivity contribution is 5.26. The number of hydrogen-bond acceptors (Lipinski definition) is 3. The van der Waals surface area contributed by atoms with Crippen LogP contribution in [-0.4, -0.2) is 5.16 Å². The number of nitrogens with two attached hydrogens (primary N) is 1. The molecular weight excluding hydrogens is 164 g/mol. The third-order valence-electron chi connectivity index (χ3n) is 2.98. The fourth-order valence-electron chi connectivity index (χ4n) is 2.05. The number of aromatic nitrogens is 1. The van der Waals surface area contributed by atoms with Crippen LogP contribution in [0.4, 0.5) is 5.88 Å². The van der Waals surface area contributed by atoms with E-state index in [1.165, 1.54) is 25.7 Å². The van der Waals surface area contributed by atoms with Crippen molar-refractivity contribution in [3.8, 4) is 0 Å². The van der Waals surface area contributed by atoms with Crippen LogP contribution >= 0.6 is 0 Å². The molecule has 1 aromatic heterocycles. The van der Waals surface area contributed by atoms with Crippen molar-refractivity contribution >= 4 is 5.88 Å². The Bertz CT molecular complexity index is 274. The van der Waals surface area contributed by atoms with Crippen molar-refractivity contribution in [1.82, 2.24) is 5.16 Å². The van der Waals surface area contributed by atoms with Gasteiger partial charge in [0.05, 0.1) is 5.69 Å². The van der Waals surface area contributed by atoms with E-state index in [0.717, 1.165) is 11.6 Å². The zero-order chi connectivity index (χ0) is 9.26. The van der Waals surface area contributed by atoms with Gasteiger partial charge in [0.2, 0.25) is 5.88 Å². The monoisotopic (exact) mass is 180 g/mol. The first-order valence-electron chi connectivity index (χ1n) is 4.98. The molecule has 0 aliphatic heterocycles. The van der Waals surface area contributed by atoms with Crippen LogP contribution in [0.5, 0.6) is 0 Å². The quantitative estimate of drug-likeness (QED) is 0.722. The van der Waals surface area contributed by atoms with Gasteiger partial charge < -0.3 is 10.3 Å². The van der Waals surface area contributed by atoms with Crippen LogP contribution in [0.2, 0.25) is 0 Å². The van der Waals surface area contributed by atoms with Crippen molar-refractivity contribution < 1.29 is 4.52 Å². The molecule has 1 aromatic rings. The van der Waals surface area contributed by atoms with Gasteiger partial charge in [-0.05, 0) is 18.8 Å². The maximum atomic E-state index is 5.48. The highest BCUT2D eigenvalue weighted by atomic mass is 16.5. The first-order valence-corrected chi connectivity index (χ1v) is 4.98. The number of nitrogens with zero attached hydrogens (tertiary/aromatic N) is 1. The summed E-state index contributed by atoms with van der Waals surface area (Å²) in [5.41, 5.74) is 6.53. The standard InChI is InChI=1S/C10H16N2O/c1-7-2-4-8(5-3-7)9-6-10(11)13-12-9/h6-8H,2-5,11H2,1H3. The van der Waals surface area contributed by atoms with Crippen molar-refractivity contribution in [2.75, 3.05) is 5.73 Å². The van der Waals surface area contributed by atoms with Gasteiger partial charge in [-0.25, -0.2) is 0 Å². The third kappa shape index (κ3) is 1.85. The Labute approximate surface area is 78.3 Å².